The summed E-state index contributed by atoms with van der Waals surface area (Å²) >= 11 is 0. The predicted octanol–water partition coefficient (Wildman–Crippen LogP) is 1.56. The molecule has 20 heavy (non-hydrogen) atoms. The first-order valence-corrected chi connectivity index (χ1v) is 7.69. The molecule has 0 aromatic carbocycles. The van der Waals surface area contributed by atoms with Crippen molar-refractivity contribution < 1.29 is 9.90 Å². The number of imidazole rings is 1. The van der Waals surface area contributed by atoms with E-state index in [1.165, 1.54) is 25.1 Å². The summed E-state index contributed by atoms with van der Waals surface area (Å²) in [6.45, 7) is 5.08. The highest BCUT2D eigenvalue weighted by Crippen LogP contribution is 2.25. The minimum atomic E-state index is -0.675. The maximum Gasteiger partial charge on any atom is 0.308 e. The number of aliphatic carboxylic acids is 1. The number of hydrogen-bond donors (Lipinski definition) is 1. The van der Waals surface area contributed by atoms with E-state index in [1.54, 1.807) is 0 Å². The first-order valence-electron chi connectivity index (χ1n) is 7.69. The Morgan fingerprint density at radius 3 is 3.10 bits per heavy atom. The van der Waals surface area contributed by atoms with Crippen molar-refractivity contribution >= 4 is 5.97 Å². The van der Waals surface area contributed by atoms with Crippen LogP contribution >= 0.6 is 0 Å². The molecule has 1 fully saturated rings. The first kappa shape index (κ1) is 13.6. The third kappa shape index (κ3) is 2.46. The fraction of sp³-hybridized carbons (Fsp3) is 0.733. The molecule has 0 spiro atoms. The van der Waals surface area contributed by atoms with E-state index in [4.69, 9.17) is 0 Å². The second-order valence-corrected chi connectivity index (χ2v) is 5.98. The third-order valence-corrected chi connectivity index (χ3v) is 4.85. The number of aromatic nitrogens is 2. The number of aryl methyl sites for hydroxylation is 1. The smallest absolute Gasteiger partial charge is 0.308 e. The van der Waals surface area contributed by atoms with Crippen LogP contribution in [-0.4, -0.2) is 44.7 Å². The molecule has 3 heterocycles. The van der Waals surface area contributed by atoms with Gasteiger partial charge in [0.1, 0.15) is 5.82 Å². The van der Waals surface area contributed by atoms with Crippen LogP contribution < -0.4 is 0 Å². The van der Waals surface area contributed by atoms with Gasteiger partial charge in [-0.3, -0.25) is 4.79 Å². The number of likely N-dealkylation sites (tertiary alicyclic amines) is 1. The Morgan fingerprint density at radius 1 is 1.50 bits per heavy atom. The summed E-state index contributed by atoms with van der Waals surface area (Å²) in [6.07, 6.45) is 6.98. The largest absolute Gasteiger partial charge is 0.481 e. The zero-order valence-corrected chi connectivity index (χ0v) is 12.1. The molecule has 0 saturated carbocycles. The van der Waals surface area contributed by atoms with Gasteiger partial charge in [0.25, 0.3) is 0 Å². The molecule has 1 N–H and O–H groups in total. The van der Waals surface area contributed by atoms with Crippen LogP contribution in [0.4, 0.5) is 0 Å². The zero-order valence-electron chi connectivity index (χ0n) is 12.1. The topological polar surface area (TPSA) is 58.4 Å². The minimum absolute atomic E-state index is 0.249. The molecule has 110 valence electrons. The molecule has 2 unspecified atom stereocenters. The van der Waals surface area contributed by atoms with Crippen LogP contribution in [0.5, 0.6) is 0 Å². The molecule has 3 rings (SSSR count). The van der Waals surface area contributed by atoms with Gasteiger partial charge in [0.2, 0.25) is 0 Å². The van der Waals surface area contributed by atoms with E-state index in [0.29, 0.717) is 12.6 Å². The Labute approximate surface area is 119 Å². The molecule has 0 radical (unpaired) electrons. The Hall–Kier alpha value is -1.36. The lowest BCUT2D eigenvalue weighted by Gasteiger charge is -2.25. The molecule has 1 saturated heterocycles. The maximum absolute atomic E-state index is 11.2. The highest BCUT2D eigenvalue weighted by Gasteiger charge is 2.29. The van der Waals surface area contributed by atoms with Gasteiger partial charge in [-0.15, -0.1) is 0 Å². The maximum atomic E-state index is 11.2. The second kappa shape index (κ2) is 5.56. The van der Waals surface area contributed by atoms with Crippen molar-refractivity contribution in [2.75, 3.05) is 13.1 Å². The molecule has 1 aromatic heterocycles. The van der Waals surface area contributed by atoms with Crippen molar-refractivity contribution in [3.63, 3.8) is 0 Å². The highest BCUT2D eigenvalue weighted by atomic mass is 16.4. The highest BCUT2D eigenvalue weighted by molar-refractivity contribution is 5.70. The zero-order chi connectivity index (χ0) is 14.1. The van der Waals surface area contributed by atoms with Crippen LogP contribution in [0.1, 0.15) is 37.7 Å². The molecule has 0 bridgehead atoms. The van der Waals surface area contributed by atoms with Gasteiger partial charge in [-0.1, -0.05) is 6.92 Å². The van der Waals surface area contributed by atoms with Gasteiger partial charge in [-0.05, 0) is 38.8 Å². The van der Waals surface area contributed by atoms with Crippen LogP contribution in [0.3, 0.4) is 0 Å². The first-order chi connectivity index (χ1) is 9.69. The molecular weight excluding hydrogens is 254 g/mol. The number of rotatable bonds is 4. The molecule has 5 heteroatoms. The fourth-order valence-corrected chi connectivity index (χ4v) is 3.63. The quantitative estimate of drug-likeness (QED) is 0.907. The van der Waals surface area contributed by atoms with Crippen LogP contribution in [-0.2, 0) is 24.2 Å². The van der Waals surface area contributed by atoms with Crippen molar-refractivity contribution in [3.8, 4) is 0 Å². The predicted molar refractivity (Wildman–Crippen MR) is 75.6 cm³/mol. The standard InChI is InChI=1S/C15H23N3O2/c1-2-17-7-3-4-12(17)8-14-16-9-13-6-5-11(15(19)20)10-18(13)14/h9,11-12H,2-8,10H2,1H3,(H,19,20). The second-order valence-electron chi connectivity index (χ2n) is 5.98. The normalized spacial score (nSPS) is 26.6. The lowest BCUT2D eigenvalue weighted by molar-refractivity contribution is -0.142. The van der Waals surface area contributed by atoms with E-state index in [1.807, 2.05) is 6.20 Å². The van der Waals surface area contributed by atoms with E-state index in [2.05, 4.69) is 21.4 Å². The number of carbonyl (C=O) groups is 1. The van der Waals surface area contributed by atoms with E-state index in [9.17, 15) is 9.90 Å². The van der Waals surface area contributed by atoms with Crippen molar-refractivity contribution in [2.45, 2.75) is 51.6 Å². The lowest BCUT2D eigenvalue weighted by Crippen LogP contribution is -2.33. The number of fused-ring (bicyclic) bond motifs is 1. The minimum Gasteiger partial charge on any atom is -0.481 e. The SMILES string of the molecule is CCN1CCCC1Cc1ncc2n1CC(C(=O)O)CC2. The van der Waals surface area contributed by atoms with Gasteiger partial charge < -0.3 is 14.6 Å². The van der Waals surface area contributed by atoms with E-state index >= 15 is 0 Å². The fourth-order valence-electron chi connectivity index (χ4n) is 3.63. The molecule has 0 amide bonds. The Morgan fingerprint density at radius 2 is 2.35 bits per heavy atom. The van der Waals surface area contributed by atoms with Gasteiger partial charge in [0.15, 0.2) is 0 Å². The summed E-state index contributed by atoms with van der Waals surface area (Å²) in [4.78, 5) is 18.3. The summed E-state index contributed by atoms with van der Waals surface area (Å²) in [5.74, 6) is 0.156. The Balaban J connectivity index is 1.75. The summed E-state index contributed by atoms with van der Waals surface area (Å²) in [7, 11) is 0. The number of hydrogen-bond acceptors (Lipinski definition) is 3. The number of carboxylic acid groups (broad SMARTS) is 1. The summed E-state index contributed by atoms with van der Waals surface area (Å²) in [5, 5.41) is 9.21. The van der Waals surface area contributed by atoms with Crippen molar-refractivity contribution in [1.82, 2.24) is 14.5 Å². The summed E-state index contributed by atoms with van der Waals surface area (Å²) < 4.78 is 2.16. The van der Waals surface area contributed by atoms with Crippen LogP contribution in [0, 0.1) is 5.92 Å². The van der Waals surface area contributed by atoms with Gasteiger partial charge in [-0.25, -0.2) is 4.98 Å². The average molecular weight is 277 g/mol. The number of carboxylic acids is 1. The monoisotopic (exact) mass is 277 g/mol. The van der Waals surface area contributed by atoms with Gasteiger partial charge in [0.05, 0.1) is 5.92 Å². The van der Waals surface area contributed by atoms with E-state index in [-0.39, 0.29) is 5.92 Å². The molecule has 2 aliphatic heterocycles. The van der Waals surface area contributed by atoms with Crippen LogP contribution in [0.2, 0.25) is 0 Å². The van der Waals surface area contributed by atoms with Gasteiger partial charge in [-0.2, -0.15) is 0 Å². The Kier molecular flexibility index (Phi) is 3.78. The average Bonchev–Trinajstić information content (AvgIpc) is 3.05. The molecule has 2 aliphatic rings. The molecule has 2 atom stereocenters. The van der Waals surface area contributed by atoms with Crippen molar-refractivity contribution in [3.05, 3.63) is 17.7 Å². The third-order valence-electron chi connectivity index (χ3n) is 4.85. The van der Waals surface area contributed by atoms with Crippen molar-refractivity contribution in [1.29, 1.82) is 0 Å². The molecule has 0 aliphatic carbocycles. The molecular formula is C15H23N3O2. The number of likely N-dealkylation sites (N-methyl/N-ethyl adjacent to an activating group) is 1. The van der Waals surface area contributed by atoms with Crippen LogP contribution in [0.15, 0.2) is 6.20 Å². The van der Waals surface area contributed by atoms with Crippen LogP contribution in [0.25, 0.3) is 0 Å². The van der Waals surface area contributed by atoms with Crippen molar-refractivity contribution in [2.24, 2.45) is 5.92 Å². The van der Waals surface area contributed by atoms with Gasteiger partial charge in [0, 0.05) is 30.9 Å². The Bertz CT molecular complexity index is 497. The number of nitrogens with zero attached hydrogens (tertiary/aromatic N) is 3. The summed E-state index contributed by atoms with van der Waals surface area (Å²) in [5.41, 5.74) is 1.21. The van der Waals surface area contributed by atoms with Gasteiger partial charge >= 0.3 is 5.97 Å². The molecule has 5 nitrogen and oxygen atoms in total. The van der Waals surface area contributed by atoms with E-state index in [0.717, 1.165) is 31.6 Å². The lowest BCUT2D eigenvalue weighted by atomic mass is 9.98. The summed E-state index contributed by atoms with van der Waals surface area (Å²) in [6, 6.07) is 0.580. The van der Waals surface area contributed by atoms with E-state index < -0.39 is 5.97 Å². The molecule has 1 aromatic rings.